The molecule has 6 heteroatoms. The van der Waals surface area contributed by atoms with Crippen LogP contribution in [-0.2, 0) is 19.5 Å². The van der Waals surface area contributed by atoms with Crippen LogP contribution >= 0.6 is 0 Å². The fourth-order valence-electron chi connectivity index (χ4n) is 3.21. The van der Waals surface area contributed by atoms with Crippen molar-refractivity contribution in [2.75, 3.05) is 13.2 Å². The Labute approximate surface area is 135 Å². The van der Waals surface area contributed by atoms with Gasteiger partial charge in [0.1, 0.15) is 24.9 Å². The standard InChI is InChI=1S/C17H22N4O2/c1-12(17-20-19-16-4-2-3-7-21(16)17)18-11-13-5-6-14-15(10-13)23-9-8-22-14/h5-6,10,12,18H,2-4,7-9,11H2,1H3/t12-/m1/s1. The van der Waals surface area contributed by atoms with E-state index in [1.54, 1.807) is 0 Å². The largest absolute Gasteiger partial charge is 0.486 e. The van der Waals surface area contributed by atoms with Gasteiger partial charge in [0.15, 0.2) is 11.5 Å². The van der Waals surface area contributed by atoms with Gasteiger partial charge < -0.3 is 19.4 Å². The quantitative estimate of drug-likeness (QED) is 0.938. The summed E-state index contributed by atoms with van der Waals surface area (Å²) in [6.07, 6.45) is 3.48. The van der Waals surface area contributed by atoms with Crippen LogP contribution in [0.15, 0.2) is 18.2 Å². The highest BCUT2D eigenvalue weighted by molar-refractivity contribution is 5.43. The highest BCUT2D eigenvalue weighted by Gasteiger charge is 2.20. The van der Waals surface area contributed by atoms with Crippen LogP contribution in [0.1, 0.15) is 43.0 Å². The van der Waals surface area contributed by atoms with E-state index >= 15 is 0 Å². The number of aromatic nitrogens is 3. The summed E-state index contributed by atoms with van der Waals surface area (Å²) in [7, 11) is 0. The van der Waals surface area contributed by atoms with Gasteiger partial charge in [0.25, 0.3) is 0 Å². The first kappa shape index (κ1) is 14.5. The third kappa shape index (κ3) is 2.91. The molecule has 1 aromatic heterocycles. The average molecular weight is 314 g/mol. The smallest absolute Gasteiger partial charge is 0.161 e. The number of nitrogens with zero attached hydrogens (tertiary/aromatic N) is 3. The molecule has 0 radical (unpaired) electrons. The lowest BCUT2D eigenvalue weighted by atomic mass is 10.1. The van der Waals surface area contributed by atoms with Gasteiger partial charge in [0.2, 0.25) is 0 Å². The molecule has 122 valence electrons. The zero-order valence-corrected chi connectivity index (χ0v) is 13.4. The van der Waals surface area contributed by atoms with Gasteiger partial charge in [-0.3, -0.25) is 0 Å². The molecule has 0 saturated heterocycles. The van der Waals surface area contributed by atoms with E-state index in [-0.39, 0.29) is 6.04 Å². The first-order chi connectivity index (χ1) is 11.3. The number of hydrogen-bond acceptors (Lipinski definition) is 5. The lowest BCUT2D eigenvalue weighted by Gasteiger charge is -2.20. The fourth-order valence-corrected chi connectivity index (χ4v) is 3.21. The van der Waals surface area contributed by atoms with Crippen LogP contribution in [0.5, 0.6) is 11.5 Å². The SMILES string of the molecule is C[C@@H](NCc1ccc2c(c1)OCCO2)c1nnc2n1CCCC2. The summed E-state index contributed by atoms with van der Waals surface area (Å²) in [5.41, 5.74) is 1.18. The van der Waals surface area contributed by atoms with Gasteiger partial charge in [-0.1, -0.05) is 6.07 Å². The van der Waals surface area contributed by atoms with Gasteiger partial charge in [-0.15, -0.1) is 10.2 Å². The maximum absolute atomic E-state index is 5.64. The number of aryl methyl sites for hydroxylation is 1. The van der Waals surface area contributed by atoms with E-state index in [1.807, 2.05) is 12.1 Å². The second-order valence-electron chi connectivity index (χ2n) is 6.16. The Hall–Kier alpha value is -2.08. The second-order valence-corrected chi connectivity index (χ2v) is 6.16. The Morgan fingerprint density at radius 2 is 2.04 bits per heavy atom. The van der Waals surface area contributed by atoms with Crippen LogP contribution < -0.4 is 14.8 Å². The predicted octanol–water partition coefficient (Wildman–Crippen LogP) is 2.24. The number of rotatable bonds is 4. The van der Waals surface area contributed by atoms with Crippen molar-refractivity contribution in [1.82, 2.24) is 20.1 Å². The fraction of sp³-hybridized carbons (Fsp3) is 0.529. The molecular weight excluding hydrogens is 292 g/mol. The van der Waals surface area contributed by atoms with E-state index in [0.29, 0.717) is 13.2 Å². The molecule has 0 spiro atoms. The normalized spacial score (nSPS) is 17.6. The van der Waals surface area contributed by atoms with Crippen molar-refractivity contribution < 1.29 is 9.47 Å². The van der Waals surface area contributed by atoms with E-state index in [2.05, 4.69) is 33.1 Å². The van der Waals surface area contributed by atoms with Crippen molar-refractivity contribution in [2.45, 2.75) is 45.3 Å². The predicted molar refractivity (Wildman–Crippen MR) is 85.6 cm³/mol. The Morgan fingerprint density at radius 3 is 2.96 bits per heavy atom. The third-order valence-corrected chi connectivity index (χ3v) is 4.49. The summed E-state index contributed by atoms with van der Waals surface area (Å²) in [4.78, 5) is 0. The molecule has 0 fully saturated rings. The van der Waals surface area contributed by atoms with Gasteiger partial charge in [-0.25, -0.2) is 0 Å². The number of benzene rings is 1. The summed E-state index contributed by atoms with van der Waals surface area (Å²) in [6.45, 7) is 5.18. The van der Waals surface area contributed by atoms with Crippen LogP contribution in [0, 0.1) is 0 Å². The van der Waals surface area contributed by atoms with Crippen molar-refractivity contribution >= 4 is 0 Å². The summed E-state index contributed by atoms with van der Waals surface area (Å²) < 4.78 is 13.5. The van der Waals surface area contributed by atoms with Crippen molar-refractivity contribution in [2.24, 2.45) is 0 Å². The number of ether oxygens (including phenoxy) is 2. The lowest BCUT2D eigenvalue weighted by Crippen LogP contribution is -2.23. The molecule has 0 unspecified atom stereocenters. The van der Waals surface area contributed by atoms with Crippen LogP contribution in [0.25, 0.3) is 0 Å². The topological polar surface area (TPSA) is 61.2 Å². The minimum atomic E-state index is 0.169. The van der Waals surface area contributed by atoms with E-state index in [4.69, 9.17) is 9.47 Å². The van der Waals surface area contributed by atoms with Gasteiger partial charge in [0, 0.05) is 19.5 Å². The van der Waals surface area contributed by atoms with E-state index in [9.17, 15) is 0 Å². The molecule has 0 bridgehead atoms. The molecule has 6 nitrogen and oxygen atoms in total. The molecule has 1 atom stereocenters. The molecule has 0 aliphatic carbocycles. The number of hydrogen-bond donors (Lipinski definition) is 1. The van der Waals surface area contributed by atoms with Crippen LogP contribution in [0.3, 0.4) is 0 Å². The summed E-state index contributed by atoms with van der Waals surface area (Å²) in [5, 5.41) is 12.3. The molecule has 23 heavy (non-hydrogen) atoms. The Bertz CT molecular complexity index is 698. The monoisotopic (exact) mass is 314 g/mol. The third-order valence-electron chi connectivity index (χ3n) is 4.49. The van der Waals surface area contributed by atoms with E-state index < -0.39 is 0 Å². The Morgan fingerprint density at radius 1 is 1.17 bits per heavy atom. The van der Waals surface area contributed by atoms with Crippen molar-refractivity contribution in [3.05, 3.63) is 35.4 Å². The Balaban J connectivity index is 1.43. The van der Waals surface area contributed by atoms with Crippen molar-refractivity contribution in [3.8, 4) is 11.5 Å². The van der Waals surface area contributed by atoms with Crippen molar-refractivity contribution in [1.29, 1.82) is 0 Å². The van der Waals surface area contributed by atoms with Gasteiger partial charge in [-0.05, 0) is 37.5 Å². The minimum absolute atomic E-state index is 0.169. The molecular formula is C17H22N4O2. The highest BCUT2D eigenvalue weighted by Crippen LogP contribution is 2.30. The zero-order chi connectivity index (χ0) is 15.6. The maximum atomic E-state index is 5.64. The molecule has 2 aliphatic rings. The molecule has 1 aromatic carbocycles. The first-order valence-electron chi connectivity index (χ1n) is 8.35. The van der Waals surface area contributed by atoms with E-state index in [1.165, 1.54) is 18.4 Å². The number of nitrogens with one attached hydrogen (secondary N) is 1. The Kier molecular flexibility index (Phi) is 3.91. The number of fused-ring (bicyclic) bond motifs is 2. The van der Waals surface area contributed by atoms with Gasteiger partial charge in [0.05, 0.1) is 6.04 Å². The van der Waals surface area contributed by atoms with Crippen LogP contribution in [0.4, 0.5) is 0 Å². The summed E-state index contributed by atoms with van der Waals surface area (Å²) in [6, 6.07) is 6.28. The zero-order valence-electron chi connectivity index (χ0n) is 13.4. The van der Waals surface area contributed by atoms with Crippen molar-refractivity contribution in [3.63, 3.8) is 0 Å². The second kappa shape index (κ2) is 6.20. The molecule has 1 N–H and O–H groups in total. The summed E-state index contributed by atoms with van der Waals surface area (Å²) >= 11 is 0. The van der Waals surface area contributed by atoms with Gasteiger partial charge in [-0.2, -0.15) is 0 Å². The maximum Gasteiger partial charge on any atom is 0.161 e. The minimum Gasteiger partial charge on any atom is -0.486 e. The molecule has 0 amide bonds. The molecule has 4 rings (SSSR count). The van der Waals surface area contributed by atoms with E-state index in [0.717, 1.165) is 42.7 Å². The van der Waals surface area contributed by atoms with Gasteiger partial charge >= 0.3 is 0 Å². The molecule has 0 saturated carbocycles. The molecule has 2 aromatic rings. The average Bonchev–Trinajstić information content (AvgIpc) is 3.03. The molecule has 3 heterocycles. The highest BCUT2D eigenvalue weighted by atomic mass is 16.6. The first-order valence-corrected chi connectivity index (χ1v) is 8.35. The van der Waals surface area contributed by atoms with Crippen LogP contribution in [0.2, 0.25) is 0 Å². The molecule has 2 aliphatic heterocycles. The lowest BCUT2D eigenvalue weighted by molar-refractivity contribution is 0.171. The summed E-state index contributed by atoms with van der Waals surface area (Å²) in [5.74, 6) is 3.83. The van der Waals surface area contributed by atoms with Crippen LogP contribution in [-0.4, -0.2) is 28.0 Å².